The highest BCUT2D eigenvalue weighted by Crippen LogP contribution is 2.10. The van der Waals surface area contributed by atoms with Crippen LogP contribution in [0.5, 0.6) is 0 Å². The Morgan fingerprint density at radius 1 is 1.31 bits per heavy atom. The predicted octanol–water partition coefficient (Wildman–Crippen LogP) is 1.32. The summed E-state index contributed by atoms with van der Waals surface area (Å²) in [6.45, 7) is 5.82. The number of hydrogen-bond acceptors (Lipinski definition) is 3. The third kappa shape index (κ3) is 1.64. The summed E-state index contributed by atoms with van der Waals surface area (Å²) in [5, 5.41) is 0. The van der Waals surface area contributed by atoms with Crippen molar-refractivity contribution in [2.75, 3.05) is 0 Å². The second-order valence-electron chi connectivity index (χ2n) is 3.94. The molecule has 0 bridgehead atoms. The van der Waals surface area contributed by atoms with Gasteiger partial charge in [0.25, 0.3) is 5.56 Å². The molecule has 2 rings (SSSR count). The molecule has 2 aromatic heterocycles. The normalized spacial score (nSPS) is 11.0. The molecule has 0 amide bonds. The quantitative estimate of drug-likeness (QED) is 0.763. The Kier molecular flexibility index (Phi) is 2.60. The lowest BCUT2D eigenvalue weighted by atomic mass is 10.4. The van der Waals surface area contributed by atoms with E-state index >= 15 is 0 Å². The van der Waals surface area contributed by atoms with E-state index < -0.39 is 0 Å². The van der Waals surface area contributed by atoms with Crippen LogP contribution in [0, 0.1) is 6.92 Å². The molecule has 84 valence electrons. The van der Waals surface area contributed by atoms with Gasteiger partial charge in [0.05, 0.1) is 6.20 Å². The molecule has 0 saturated heterocycles. The standard InChI is InChI=1S/C11H14N4O/c1-8(2)14-11(16)6-9(3)15(14)10-7-12-4-5-13-10/h4-8H,1-3H3. The molecule has 5 heteroatoms. The average Bonchev–Trinajstić information content (AvgIpc) is 2.55. The molecule has 0 fully saturated rings. The molecule has 2 heterocycles. The fourth-order valence-electron chi connectivity index (χ4n) is 1.75. The van der Waals surface area contributed by atoms with Crippen LogP contribution in [0.3, 0.4) is 0 Å². The Balaban J connectivity index is 2.70. The smallest absolute Gasteiger partial charge is 0.267 e. The van der Waals surface area contributed by atoms with Crippen molar-refractivity contribution in [1.29, 1.82) is 0 Å². The van der Waals surface area contributed by atoms with Gasteiger partial charge in [0.15, 0.2) is 5.82 Å². The number of nitrogens with zero attached hydrogens (tertiary/aromatic N) is 4. The van der Waals surface area contributed by atoms with E-state index in [1.807, 2.05) is 20.8 Å². The predicted molar refractivity (Wildman–Crippen MR) is 60.7 cm³/mol. The summed E-state index contributed by atoms with van der Waals surface area (Å²) in [6.07, 6.45) is 4.87. The minimum absolute atomic E-state index is 0.0156. The molecule has 16 heavy (non-hydrogen) atoms. The molecular weight excluding hydrogens is 204 g/mol. The first kappa shape index (κ1) is 10.6. The highest BCUT2D eigenvalue weighted by atomic mass is 16.1. The van der Waals surface area contributed by atoms with Crippen LogP contribution >= 0.6 is 0 Å². The Morgan fingerprint density at radius 3 is 2.62 bits per heavy atom. The second kappa shape index (κ2) is 3.92. The fourth-order valence-corrected chi connectivity index (χ4v) is 1.75. The SMILES string of the molecule is Cc1cc(=O)n(C(C)C)n1-c1cnccn1. The second-order valence-corrected chi connectivity index (χ2v) is 3.94. The lowest BCUT2D eigenvalue weighted by Gasteiger charge is -2.15. The number of rotatable bonds is 2. The number of hydrogen-bond donors (Lipinski definition) is 0. The molecule has 0 radical (unpaired) electrons. The highest BCUT2D eigenvalue weighted by Gasteiger charge is 2.12. The molecule has 0 spiro atoms. The Hall–Kier alpha value is -1.91. The van der Waals surface area contributed by atoms with Gasteiger partial charge in [-0.15, -0.1) is 0 Å². The summed E-state index contributed by atoms with van der Waals surface area (Å²) in [7, 11) is 0. The van der Waals surface area contributed by atoms with Gasteiger partial charge in [-0.2, -0.15) is 0 Å². The van der Waals surface area contributed by atoms with Gasteiger partial charge in [0, 0.05) is 30.2 Å². The van der Waals surface area contributed by atoms with Crippen LogP contribution in [0.2, 0.25) is 0 Å². The lowest BCUT2D eigenvalue weighted by molar-refractivity contribution is 0.460. The van der Waals surface area contributed by atoms with Crippen molar-refractivity contribution in [2.24, 2.45) is 0 Å². The van der Waals surface area contributed by atoms with Gasteiger partial charge in [-0.25, -0.2) is 14.3 Å². The molecule has 0 aliphatic heterocycles. The summed E-state index contributed by atoms with van der Waals surface area (Å²) in [6, 6.07) is 1.69. The van der Waals surface area contributed by atoms with Crippen molar-refractivity contribution < 1.29 is 0 Å². The maximum atomic E-state index is 11.8. The van der Waals surface area contributed by atoms with Crippen molar-refractivity contribution in [3.05, 3.63) is 40.7 Å². The number of aromatic nitrogens is 4. The first-order chi connectivity index (χ1) is 7.61. The largest absolute Gasteiger partial charge is 0.268 e. The van der Waals surface area contributed by atoms with E-state index in [-0.39, 0.29) is 11.6 Å². The van der Waals surface area contributed by atoms with Gasteiger partial charge in [-0.3, -0.25) is 9.78 Å². The Labute approximate surface area is 93.4 Å². The zero-order chi connectivity index (χ0) is 11.7. The maximum Gasteiger partial charge on any atom is 0.267 e. The zero-order valence-corrected chi connectivity index (χ0v) is 9.58. The maximum absolute atomic E-state index is 11.8. The summed E-state index contributed by atoms with van der Waals surface area (Å²) < 4.78 is 3.46. The first-order valence-corrected chi connectivity index (χ1v) is 5.19. The van der Waals surface area contributed by atoms with E-state index in [9.17, 15) is 4.79 Å². The highest BCUT2D eigenvalue weighted by molar-refractivity contribution is 5.20. The molecule has 0 N–H and O–H groups in total. The molecule has 0 saturated carbocycles. The minimum Gasteiger partial charge on any atom is -0.268 e. The summed E-state index contributed by atoms with van der Waals surface area (Å²) in [5.74, 6) is 0.663. The van der Waals surface area contributed by atoms with Gasteiger partial charge >= 0.3 is 0 Å². The van der Waals surface area contributed by atoms with E-state index in [1.165, 1.54) is 0 Å². The average molecular weight is 218 g/mol. The zero-order valence-electron chi connectivity index (χ0n) is 9.58. The van der Waals surface area contributed by atoms with E-state index in [0.717, 1.165) is 5.69 Å². The fraction of sp³-hybridized carbons (Fsp3) is 0.364. The lowest BCUT2D eigenvalue weighted by Crippen LogP contribution is -2.24. The van der Waals surface area contributed by atoms with Crippen LogP contribution in [0.25, 0.3) is 5.82 Å². The van der Waals surface area contributed by atoms with Crippen molar-refractivity contribution in [3.63, 3.8) is 0 Å². The van der Waals surface area contributed by atoms with Gasteiger partial charge in [-0.05, 0) is 20.8 Å². The van der Waals surface area contributed by atoms with E-state index in [1.54, 1.807) is 34.0 Å². The van der Waals surface area contributed by atoms with Crippen molar-refractivity contribution in [3.8, 4) is 5.82 Å². The molecule has 5 nitrogen and oxygen atoms in total. The first-order valence-electron chi connectivity index (χ1n) is 5.19. The third-order valence-corrected chi connectivity index (χ3v) is 2.36. The molecule has 0 atom stereocenters. The van der Waals surface area contributed by atoms with Crippen molar-refractivity contribution >= 4 is 0 Å². The monoisotopic (exact) mass is 218 g/mol. The van der Waals surface area contributed by atoms with Crippen LogP contribution < -0.4 is 5.56 Å². The van der Waals surface area contributed by atoms with Crippen LogP contribution in [-0.2, 0) is 0 Å². The van der Waals surface area contributed by atoms with Crippen LogP contribution in [-0.4, -0.2) is 19.3 Å². The molecule has 2 aromatic rings. The van der Waals surface area contributed by atoms with Crippen molar-refractivity contribution in [2.45, 2.75) is 26.8 Å². The summed E-state index contributed by atoms with van der Waals surface area (Å²) in [5.41, 5.74) is 0.845. The molecule has 0 aliphatic rings. The molecule has 0 unspecified atom stereocenters. The topological polar surface area (TPSA) is 52.7 Å². The van der Waals surface area contributed by atoms with Crippen LogP contribution in [0.1, 0.15) is 25.6 Å². The summed E-state index contributed by atoms with van der Waals surface area (Å²) in [4.78, 5) is 20.0. The Morgan fingerprint density at radius 2 is 2.06 bits per heavy atom. The molecule has 0 aromatic carbocycles. The van der Waals surface area contributed by atoms with Crippen LogP contribution in [0.4, 0.5) is 0 Å². The molecule has 0 aliphatic carbocycles. The van der Waals surface area contributed by atoms with E-state index in [2.05, 4.69) is 9.97 Å². The van der Waals surface area contributed by atoms with Gasteiger partial charge in [0.2, 0.25) is 0 Å². The minimum atomic E-state index is -0.0156. The number of aryl methyl sites for hydroxylation is 1. The van der Waals surface area contributed by atoms with Gasteiger partial charge in [-0.1, -0.05) is 0 Å². The van der Waals surface area contributed by atoms with Gasteiger partial charge in [0.1, 0.15) is 0 Å². The molecular formula is C11H14N4O. The van der Waals surface area contributed by atoms with Crippen LogP contribution in [0.15, 0.2) is 29.5 Å². The third-order valence-electron chi connectivity index (χ3n) is 2.36. The van der Waals surface area contributed by atoms with Crippen molar-refractivity contribution in [1.82, 2.24) is 19.3 Å². The summed E-state index contributed by atoms with van der Waals surface area (Å²) >= 11 is 0. The van der Waals surface area contributed by atoms with E-state index in [4.69, 9.17) is 0 Å². The van der Waals surface area contributed by atoms with E-state index in [0.29, 0.717) is 5.82 Å². The van der Waals surface area contributed by atoms with Gasteiger partial charge < -0.3 is 0 Å². The Bertz CT molecular complexity index is 539.